The fourth-order valence-electron chi connectivity index (χ4n) is 0.300. The van der Waals surface area contributed by atoms with Crippen molar-refractivity contribution < 1.29 is 14.7 Å². The fraction of sp³-hybridized carbons (Fsp3) is 0. The number of hydrogen-bond donors (Lipinski definition) is 1. The first-order valence-electron chi connectivity index (χ1n) is 2.23. The van der Waals surface area contributed by atoms with Gasteiger partial charge in [-0.05, 0) is 6.08 Å². The largest absolute Gasteiger partial charge is 0.478 e. The molecule has 0 amide bonds. The van der Waals surface area contributed by atoms with Gasteiger partial charge in [-0.15, -0.1) is 0 Å². The first-order valence-corrected chi connectivity index (χ1v) is 2.23. The van der Waals surface area contributed by atoms with Gasteiger partial charge in [0, 0.05) is 0 Å². The Kier molecular flexibility index (Phi) is 3.05. The Balaban J connectivity index is 4.32. The molecular weight excluding hydrogens is 120 g/mol. The summed E-state index contributed by atoms with van der Waals surface area (Å²) >= 11 is 0. The van der Waals surface area contributed by atoms with Gasteiger partial charge in [-0.2, -0.15) is 0 Å². The molecule has 0 radical (unpaired) electrons. The summed E-state index contributed by atoms with van der Waals surface area (Å²) in [6, 6.07) is 0. The molecule has 0 atom stereocenters. The first-order chi connectivity index (χ1) is 4.22. The van der Waals surface area contributed by atoms with Crippen LogP contribution in [0.2, 0.25) is 0 Å². The second-order valence-corrected chi connectivity index (χ2v) is 1.27. The number of allylic oxidation sites excluding steroid dienone is 1. The minimum atomic E-state index is -1.14. The number of carboxylic acid groups (broad SMARTS) is 1. The molecule has 48 valence electrons. The molecule has 0 aliphatic carbocycles. The molecule has 0 aromatic heterocycles. The van der Waals surface area contributed by atoms with Gasteiger partial charge in [0.05, 0.1) is 5.57 Å². The van der Waals surface area contributed by atoms with E-state index in [2.05, 4.69) is 6.58 Å². The minimum Gasteiger partial charge on any atom is -0.478 e. The lowest BCUT2D eigenvalue weighted by molar-refractivity contribution is -0.132. The summed E-state index contributed by atoms with van der Waals surface area (Å²) < 4.78 is 0. The van der Waals surface area contributed by atoms with Crippen LogP contribution in [-0.2, 0) is 9.59 Å². The Bertz CT molecular complexity index is 167. The van der Waals surface area contributed by atoms with E-state index in [4.69, 9.17) is 5.11 Å². The number of rotatable bonds is 3. The van der Waals surface area contributed by atoms with Gasteiger partial charge in [-0.25, -0.2) is 4.79 Å². The van der Waals surface area contributed by atoms with Crippen LogP contribution in [0.25, 0.3) is 0 Å². The molecule has 0 aliphatic rings. The monoisotopic (exact) mass is 126 g/mol. The van der Waals surface area contributed by atoms with Gasteiger partial charge in [-0.3, -0.25) is 4.79 Å². The lowest BCUT2D eigenvalue weighted by atomic mass is 10.2. The predicted molar refractivity (Wildman–Crippen MR) is 32.0 cm³/mol. The summed E-state index contributed by atoms with van der Waals surface area (Å²) in [5.74, 6) is -1.14. The molecule has 0 bridgehead atoms. The zero-order valence-corrected chi connectivity index (χ0v) is 4.70. The molecule has 3 nitrogen and oxygen atoms in total. The van der Waals surface area contributed by atoms with Crippen LogP contribution in [0, 0.1) is 0 Å². The van der Waals surface area contributed by atoms with Crippen LogP contribution in [0.3, 0.4) is 0 Å². The summed E-state index contributed by atoms with van der Waals surface area (Å²) in [5.41, 5.74) is -0.0926. The highest BCUT2D eigenvalue weighted by molar-refractivity contribution is 5.93. The van der Waals surface area contributed by atoms with Crippen LogP contribution in [0.5, 0.6) is 0 Å². The number of hydrogen-bond acceptors (Lipinski definition) is 2. The second kappa shape index (κ2) is 3.60. The van der Waals surface area contributed by atoms with Crippen molar-refractivity contribution in [2.75, 3.05) is 0 Å². The van der Waals surface area contributed by atoms with Crippen LogP contribution >= 0.6 is 0 Å². The molecule has 0 unspecified atom stereocenters. The SMILES string of the molecule is C=C/C(=C/C=O)C(=O)O. The van der Waals surface area contributed by atoms with Crippen LogP contribution in [0.1, 0.15) is 0 Å². The van der Waals surface area contributed by atoms with Crippen molar-refractivity contribution in [3.63, 3.8) is 0 Å². The Morgan fingerprint density at radius 1 is 1.56 bits per heavy atom. The molecule has 1 N–H and O–H groups in total. The number of carbonyl (C=O) groups is 2. The van der Waals surface area contributed by atoms with Gasteiger partial charge in [0.2, 0.25) is 0 Å². The highest BCUT2D eigenvalue weighted by atomic mass is 16.4. The lowest BCUT2D eigenvalue weighted by Crippen LogP contribution is -1.96. The minimum absolute atomic E-state index is 0.0926. The van der Waals surface area contributed by atoms with Crippen LogP contribution < -0.4 is 0 Å². The number of carboxylic acids is 1. The average Bonchev–Trinajstić information content (AvgIpc) is 1.82. The third kappa shape index (κ3) is 2.43. The average molecular weight is 126 g/mol. The molecule has 0 aliphatic heterocycles. The third-order valence-corrected chi connectivity index (χ3v) is 0.714. The van der Waals surface area contributed by atoms with E-state index in [0.29, 0.717) is 6.29 Å². The van der Waals surface area contributed by atoms with Gasteiger partial charge < -0.3 is 5.11 Å². The van der Waals surface area contributed by atoms with Crippen molar-refractivity contribution in [2.45, 2.75) is 0 Å². The molecule has 0 saturated carbocycles. The van der Waals surface area contributed by atoms with Gasteiger partial charge in [0.1, 0.15) is 6.29 Å². The lowest BCUT2D eigenvalue weighted by Gasteiger charge is -1.86. The molecule has 0 aromatic rings. The predicted octanol–water partition coefficient (Wildman–Crippen LogP) is 0.382. The summed E-state index contributed by atoms with van der Waals surface area (Å²) in [6.07, 6.45) is 2.46. The number of aliphatic carboxylic acids is 1. The number of aldehydes is 1. The maximum Gasteiger partial charge on any atom is 0.335 e. The Morgan fingerprint density at radius 3 is 2.22 bits per heavy atom. The zero-order valence-electron chi connectivity index (χ0n) is 4.70. The zero-order chi connectivity index (χ0) is 7.28. The Hall–Kier alpha value is -1.38. The van der Waals surface area contributed by atoms with Gasteiger partial charge in [0.15, 0.2) is 0 Å². The summed E-state index contributed by atoms with van der Waals surface area (Å²) in [6.45, 7) is 3.19. The highest BCUT2D eigenvalue weighted by Gasteiger charge is 1.98. The summed E-state index contributed by atoms with van der Waals surface area (Å²) in [5, 5.41) is 8.21. The topological polar surface area (TPSA) is 54.4 Å². The maximum atomic E-state index is 10.0. The van der Waals surface area contributed by atoms with Crippen LogP contribution in [0.15, 0.2) is 24.3 Å². The first kappa shape index (κ1) is 7.62. The van der Waals surface area contributed by atoms with Crippen LogP contribution in [-0.4, -0.2) is 17.4 Å². The van der Waals surface area contributed by atoms with E-state index >= 15 is 0 Å². The number of carbonyl (C=O) groups excluding carboxylic acids is 1. The van der Waals surface area contributed by atoms with Crippen molar-refractivity contribution in [1.82, 2.24) is 0 Å². The smallest absolute Gasteiger partial charge is 0.335 e. The molecule has 0 fully saturated rings. The molecule has 0 aromatic carbocycles. The summed E-state index contributed by atoms with van der Waals surface area (Å²) in [7, 11) is 0. The molecule has 0 heterocycles. The van der Waals surface area contributed by atoms with Gasteiger partial charge in [-0.1, -0.05) is 12.7 Å². The fourth-order valence-corrected chi connectivity index (χ4v) is 0.300. The second-order valence-electron chi connectivity index (χ2n) is 1.27. The van der Waals surface area contributed by atoms with Crippen molar-refractivity contribution in [1.29, 1.82) is 0 Å². The van der Waals surface area contributed by atoms with Gasteiger partial charge >= 0.3 is 5.97 Å². The standard InChI is InChI=1S/C6H6O3/c1-2-5(3-4-7)6(8)9/h2-4H,1H2,(H,8,9)/b5-3-. The van der Waals surface area contributed by atoms with Crippen LogP contribution in [0.4, 0.5) is 0 Å². The molecule has 0 rings (SSSR count). The Labute approximate surface area is 52.3 Å². The van der Waals surface area contributed by atoms with E-state index in [0.717, 1.165) is 12.2 Å². The molecule has 0 spiro atoms. The van der Waals surface area contributed by atoms with E-state index in [-0.39, 0.29) is 5.57 Å². The quantitative estimate of drug-likeness (QED) is 0.338. The van der Waals surface area contributed by atoms with E-state index in [1.807, 2.05) is 0 Å². The van der Waals surface area contributed by atoms with E-state index in [1.165, 1.54) is 0 Å². The van der Waals surface area contributed by atoms with Gasteiger partial charge in [0.25, 0.3) is 0 Å². The summed E-state index contributed by atoms with van der Waals surface area (Å²) in [4.78, 5) is 19.7. The molecule has 9 heavy (non-hydrogen) atoms. The van der Waals surface area contributed by atoms with E-state index in [9.17, 15) is 9.59 Å². The van der Waals surface area contributed by atoms with E-state index < -0.39 is 5.97 Å². The van der Waals surface area contributed by atoms with Crippen molar-refractivity contribution in [3.8, 4) is 0 Å². The molecule has 3 heteroatoms. The van der Waals surface area contributed by atoms with Crippen molar-refractivity contribution in [2.24, 2.45) is 0 Å². The molecular formula is C6H6O3. The highest BCUT2D eigenvalue weighted by Crippen LogP contribution is 1.91. The Morgan fingerprint density at radius 2 is 2.11 bits per heavy atom. The molecule has 0 saturated heterocycles. The van der Waals surface area contributed by atoms with Crippen molar-refractivity contribution in [3.05, 3.63) is 24.3 Å². The maximum absolute atomic E-state index is 10.0. The third-order valence-electron chi connectivity index (χ3n) is 0.714. The normalized spacial score (nSPS) is 10.4. The van der Waals surface area contributed by atoms with E-state index in [1.54, 1.807) is 0 Å². The van der Waals surface area contributed by atoms with Crippen molar-refractivity contribution >= 4 is 12.3 Å².